The molecule has 11 heavy (non-hydrogen) atoms. The van der Waals surface area contributed by atoms with E-state index in [1.165, 1.54) is 5.01 Å². The summed E-state index contributed by atoms with van der Waals surface area (Å²) in [4.78, 5) is 21.1. The zero-order chi connectivity index (χ0) is 8.43. The lowest BCUT2D eigenvalue weighted by atomic mass is 10.6. The number of nitrogens with zero attached hydrogens (tertiary/aromatic N) is 2. The van der Waals surface area contributed by atoms with Gasteiger partial charge in [-0.2, -0.15) is 0 Å². The molecule has 1 fully saturated rings. The molecular formula is C5H8N4O2. The molecule has 0 aromatic carbocycles. The third-order valence-corrected chi connectivity index (χ3v) is 0.970. The fourth-order valence-corrected chi connectivity index (χ4v) is 0.610. The molecular weight excluding hydrogens is 148 g/mol. The zero-order valence-electron chi connectivity index (χ0n) is 6.21. The van der Waals surface area contributed by atoms with Crippen LogP contribution in [0.3, 0.4) is 0 Å². The molecule has 0 aromatic rings. The topological polar surface area (TPSA) is 73.8 Å². The van der Waals surface area contributed by atoms with Crippen molar-refractivity contribution in [1.82, 2.24) is 15.6 Å². The molecule has 0 radical (unpaired) electrons. The Morgan fingerprint density at radius 3 is 2.00 bits per heavy atom. The molecule has 2 N–H and O–H groups in total. The lowest BCUT2D eigenvalue weighted by molar-refractivity contribution is -0.135. The highest BCUT2D eigenvalue weighted by atomic mass is 16.2. The van der Waals surface area contributed by atoms with Gasteiger partial charge in [0.25, 0.3) is 0 Å². The number of hydrazone groups is 1. The fraction of sp³-hybridized carbons (Fsp3) is 0.400. The predicted octanol–water partition coefficient (Wildman–Crippen LogP) is -1.93. The summed E-state index contributed by atoms with van der Waals surface area (Å²) in [6.07, 6.45) is 0. The number of amides is 2. The highest BCUT2D eigenvalue weighted by molar-refractivity contribution is 6.45. The van der Waals surface area contributed by atoms with E-state index in [4.69, 9.17) is 0 Å². The summed E-state index contributed by atoms with van der Waals surface area (Å²) in [5, 5.41) is 9.72. The Kier molecular flexibility index (Phi) is 1.75. The standard InChI is InChI=1S/C5H8N4O2/c1-9(2)8-5-6-3(10)4(11)7-5/h1-2H3,(H2,6,7,8,10,11). The maximum atomic E-state index is 10.5. The van der Waals surface area contributed by atoms with Crippen LogP contribution < -0.4 is 10.6 Å². The van der Waals surface area contributed by atoms with Crippen molar-refractivity contribution in [1.29, 1.82) is 0 Å². The molecule has 0 unspecified atom stereocenters. The van der Waals surface area contributed by atoms with Crippen molar-refractivity contribution in [2.75, 3.05) is 14.1 Å². The van der Waals surface area contributed by atoms with Gasteiger partial charge in [-0.1, -0.05) is 0 Å². The van der Waals surface area contributed by atoms with E-state index in [1.54, 1.807) is 14.1 Å². The molecule has 0 atom stereocenters. The fourth-order valence-electron chi connectivity index (χ4n) is 0.610. The first-order valence-electron chi connectivity index (χ1n) is 2.98. The minimum absolute atomic E-state index is 0.171. The van der Waals surface area contributed by atoms with Crippen LogP contribution in [0.25, 0.3) is 0 Å². The van der Waals surface area contributed by atoms with Crippen molar-refractivity contribution in [3.8, 4) is 0 Å². The highest BCUT2D eigenvalue weighted by Gasteiger charge is 2.25. The number of rotatable bonds is 1. The second-order valence-corrected chi connectivity index (χ2v) is 2.20. The molecule has 60 valence electrons. The lowest BCUT2D eigenvalue weighted by Gasteiger charge is -2.03. The van der Waals surface area contributed by atoms with Gasteiger partial charge in [-0.05, 0) is 0 Å². The number of hydrogen-bond acceptors (Lipinski definition) is 4. The molecule has 1 aliphatic heterocycles. The highest BCUT2D eigenvalue weighted by Crippen LogP contribution is 1.83. The van der Waals surface area contributed by atoms with E-state index in [1.807, 2.05) is 0 Å². The average molecular weight is 156 g/mol. The van der Waals surface area contributed by atoms with Gasteiger partial charge in [-0.3, -0.25) is 25.2 Å². The second kappa shape index (κ2) is 2.57. The van der Waals surface area contributed by atoms with Gasteiger partial charge >= 0.3 is 11.8 Å². The van der Waals surface area contributed by atoms with Crippen molar-refractivity contribution in [3.63, 3.8) is 0 Å². The maximum absolute atomic E-state index is 10.5. The number of hydrogen-bond donors (Lipinski definition) is 2. The van der Waals surface area contributed by atoms with Crippen molar-refractivity contribution in [2.45, 2.75) is 0 Å². The van der Waals surface area contributed by atoms with Gasteiger partial charge in [0.2, 0.25) is 5.96 Å². The van der Waals surface area contributed by atoms with Gasteiger partial charge in [0.05, 0.1) is 0 Å². The minimum atomic E-state index is -0.675. The molecule has 6 heteroatoms. The van der Waals surface area contributed by atoms with Crippen LogP contribution in [0.4, 0.5) is 0 Å². The van der Waals surface area contributed by atoms with E-state index in [2.05, 4.69) is 15.7 Å². The SMILES string of the molecule is CN(C)N=C1NC(=O)C(=O)N1. The van der Waals surface area contributed by atoms with Crippen LogP contribution in [0, 0.1) is 0 Å². The Morgan fingerprint density at radius 1 is 1.18 bits per heavy atom. The first-order chi connectivity index (χ1) is 5.09. The Labute approximate surface area is 63.2 Å². The summed E-state index contributed by atoms with van der Waals surface area (Å²) in [7, 11) is 3.37. The predicted molar refractivity (Wildman–Crippen MR) is 37.4 cm³/mol. The normalized spacial score (nSPS) is 16.0. The lowest BCUT2D eigenvalue weighted by Crippen LogP contribution is -2.28. The van der Waals surface area contributed by atoms with Crippen molar-refractivity contribution in [2.24, 2.45) is 5.10 Å². The number of carbonyl (C=O) groups excluding carboxylic acids is 2. The van der Waals surface area contributed by atoms with E-state index in [0.717, 1.165) is 0 Å². The van der Waals surface area contributed by atoms with Crippen LogP contribution in [0.1, 0.15) is 0 Å². The summed E-state index contributed by atoms with van der Waals surface area (Å²) < 4.78 is 0. The van der Waals surface area contributed by atoms with E-state index < -0.39 is 11.8 Å². The Balaban J connectivity index is 2.67. The molecule has 2 amide bonds. The maximum Gasteiger partial charge on any atom is 0.316 e. The quantitative estimate of drug-likeness (QED) is 0.343. The molecule has 1 rings (SSSR count). The second-order valence-electron chi connectivity index (χ2n) is 2.20. The third kappa shape index (κ3) is 1.66. The molecule has 0 bridgehead atoms. The van der Waals surface area contributed by atoms with Crippen LogP contribution in [0.2, 0.25) is 0 Å². The summed E-state index contributed by atoms with van der Waals surface area (Å²) in [6.45, 7) is 0. The molecule has 1 aliphatic rings. The molecule has 0 spiro atoms. The summed E-state index contributed by atoms with van der Waals surface area (Å²) in [5.74, 6) is -1.18. The number of nitrogens with one attached hydrogen (secondary N) is 2. The molecule has 6 nitrogen and oxygen atoms in total. The van der Waals surface area contributed by atoms with Crippen LogP contribution in [-0.4, -0.2) is 36.9 Å². The first kappa shape index (κ1) is 7.52. The summed E-state index contributed by atoms with van der Waals surface area (Å²) >= 11 is 0. The van der Waals surface area contributed by atoms with E-state index in [0.29, 0.717) is 0 Å². The van der Waals surface area contributed by atoms with Crippen molar-refractivity contribution in [3.05, 3.63) is 0 Å². The zero-order valence-corrected chi connectivity index (χ0v) is 6.21. The van der Waals surface area contributed by atoms with E-state index in [9.17, 15) is 9.59 Å². The average Bonchev–Trinajstić information content (AvgIpc) is 2.10. The molecule has 1 saturated heterocycles. The monoisotopic (exact) mass is 156 g/mol. The van der Waals surface area contributed by atoms with Gasteiger partial charge in [0, 0.05) is 14.1 Å². The number of carbonyl (C=O) groups is 2. The van der Waals surface area contributed by atoms with E-state index >= 15 is 0 Å². The summed E-state index contributed by atoms with van der Waals surface area (Å²) in [5.41, 5.74) is 0. The van der Waals surface area contributed by atoms with Gasteiger partial charge in [-0.25, -0.2) is 0 Å². The van der Waals surface area contributed by atoms with Crippen molar-refractivity contribution < 1.29 is 9.59 Å². The number of guanidine groups is 1. The minimum Gasteiger partial charge on any atom is -0.300 e. The Morgan fingerprint density at radius 2 is 1.64 bits per heavy atom. The van der Waals surface area contributed by atoms with Gasteiger partial charge in [0.1, 0.15) is 0 Å². The van der Waals surface area contributed by atoms with Gasteiger partial charge in [-0.15, -0.1) is 5.10 Å². The van der Waals surface area contributed by atoms with Crippen LogP contribution >= 0.6 is 0 Å². The molecule has 0 saturated carbocycles. The van der Waals surface area contributed by atoms with Crippen LogP contribution in [0.5, 0.6) is 0 Å². The Hall–Kier alpha value is -1.59. The first-order valence-corrected chi connectivity index (χ1v) is 2.98. The Bertz CT molecular complexity index is 215. The molecule has 1 heterocycles. The van der Waals surface area contributed by atoms with Crippen LogP contribution in [-0.2, 0) is 9.59 Å². The van der Waals surface area contributed by atoms with Gasteiger partial charge < -0.3 is 0 Å². The molecule has 0 aliphatic carbocycles. The van der Waals surface area contributed by atoms with Crippen LogP contribution in [0.15, 0.2) is 5.10 Å². The summed E-state index contributed by atoms with van der Waals surface area (Å²) in [6, 6.07) is 0. The largest absolute Gasteiger partial charge is 0.316 e. The van der Waals surface area contributed by atoms with Gasteiger partial charge in [0.15, 0.2) is 0 Å². The smallest absolute Gasteiger partial charge is 0.300 e. The van der Waals surface area contributed by atoms with Crippen molar-refractivity contribution >= 4 is 17.8 Å². The molecule has 0 aromatic heterocycles. The third-order valence-electron chi connectivity index (χ3n) is 0.970. The van der Waals surface area contributed by atoms with E-state index in [-0.39, 0.29) is 5.96 Å².